The fourth-order valence-electron chi connectivity index (χ4n) is 2.18. The molecule has 1 atom stereocenters. The Bertz CT molecular complexity index is 505. The molecule has 1 aromatic rings. The molecule has 116 valence electrons. The zero-order chi connectivity index (χ0) is 16.0. The molecule has 0 aliphatic rings. The molecule has 1 unspecified atom stereocenters. The smallest absolute Gasteiger partial charge is 0.316 e. The zero-order valence-electron chi connectivity index (χ0n) is 12.7. The average Bonchev–Trinajstić information content (AvgIpc) is 2.34. The van der Waals surface area contributed by atoms with Gasteiger partial charge in [-0.3, -0.25) is 9.59 Å². The Labute approximate surface area is 125 Å². The molecule has 0 bridgehead atoms. The first kappa shape index (κ1) is 17.2. The fraction of sp³-hybridized carbons (Fsp3) is 0.500. The number of carbonyl (C=O) groups is 2. The van der Waals surface area contributed by atoms with Crippen molar-refractivity contribution in [3.05, 3.63) is 29.8 Å². The Kier molecular flexibility index (Phi) is 5.90. The van der Waals surface area contributed by atoms with Crippen LogP contribution in [-0.4, -0.2) is 28.7 Å². The number of carboxylic acids is 1. The van der Waals surface area contributed by atoms with Crippen molar-refractivity contribution in [2.75, 3.05) is 11.9 Å². The quantitative estimate of drug-likeness (QED) is 0.702. The van der Waals surface area contributed by atoms with Crippen molar-refractivity contribution < 1.29 is 19.8 Å². The summed E-state index contributed by atoms with van der Waals surface area (Å²) in [6, 6.07) is 7.23. The van der Waals surface area contributed by atoms with Gasteiger partial charge < -0.3 is 15.5 Å². The van der Waals surface area contributed by atoms with Crippen LogP contribution < -0.4 is 5.32 Å². The van der Waals surface area contributed by atoms with Gasteiger partial charge in [0.1, 0.15) is 5.92 Å². The molecule has 0 saturated heterocycles. The number of hydrogen-bond acceptors (Lipinski definition) is 3. The van der Waals surface area contributed by atoms with E-state index in [-0.39, 0.29) is 6.61 Å². The van der Waals surface area contributed by atoms with Crippen LogP contribution in [0.2, 0.25) is 0 Å². The first-order valence-electron chi connectivity index (χ1n) is 6.99. The van der Waals surface area contributed by atoms with Crippen molar-refractivity contribution in [3.63, 3.8) is 0 Å². The number of hydrogen-bond donors (Lipinski definition) is 3. The summed E-state index contributed by atoms with van der Waals surface area (Å²) in [7, 11) is 0. The Morgan fingerprint density at radius 1 is 1.29 bits per heavy atom. The number of benzene rings is 1. The summed E-state index contributed by atoms with van der Waals surface area (Å²) in [5, 5.41) is 20.7. The molecule has 0 aliphatic heterocycles. The van der Waals surface area contributed by atoms with E-state index in [0.29, 0.717) is 18.5 Å². The van der Waals surface area contributed by atoms with Crippen molar-refractivity contribution in [1.29, 1.82) is 0 Å². The predicted octanol–water partition coefficient (Wildman–Crippen LogP) is 2.30. The lowest BCUT2D eigenvalue weighted by molar-refractivity contribution is -0.149. The minimum absolute atomic E-state index is 0.113. The Balaban J connectivity index is 2.84. The monoisotopic (exact) mass is 293 g/mol. The number of aliphatic hydroxyl groups excluding tert-OH is 1. The molecule has 1 aromatic carbocycles. The third kappa shape index (κ3) is 5.19. The summed E-state index contributed by atoms with van der Waals surface area (Å²) in [6.45, 7) is 5.29. The number of aryl methyl sites for hydroxylation is 1. The van der Waals surface area contributed by atoms with Gasteiger partial charge in [-0.2, -0.15) is 0 Å². The molecule has 0 spiro atoms. The van der Waals surface area contributed by atoms with Gasteiger partial charge in [0.25, 0.3) is 0 Å². The van der Waals surface area contributed by atoms with Gasteiger partial charge in [-0.25, -0.2) is 0 Å². The number of aliphatic carboxylic acids is 1. The van der Waals surface area contributed by atoms with Crippen molar-refractivity contribution in [3.8, 4) is 0 Å². The number of nitrogens with one attached hydrogen (secondary N) is 1. The van der Waals surface area contributed by atoms with E-state index in [1.807, 2.05) is 6.07 Å². The minimum atomic E-state index is -1.13. The highest BCUT2D eigenvalue weighted by molar-refractivity contribution is 6.04. The van der Waals surface area contributed by atoms with Crippen LogP contribution in [0.5, 0.6) is 0 Å². The second kappa shape index (κ2) is 7.22. The van der Waals surface area contributed by atoms with E-state index >= 15 is 0 Å². The molecule has 1 rings (SSSR count). The zero-order valence-corrected chi connectivity index (χ0v) is 12.7. The van der Waals surface area contributed by atoms with E-state index in [9.17, 15) is 14.7 Å². The SMILES string of the molecule is CC(C)(C)C(C(=O)O)C(=O)Nc1cccc(CCCO)c1. The standard InChI is InChI=1S/C16H23NO4/c1-16(2,3)13(15(20)21)14(19)17-12-8-4-6-11(10-12)7-5-9-18/h4,6,8,10,13,18H,5,7,9H2,1-3H3,(H,17,19)(H,20,21). The van der Waals surface area contributed by atoms with E-state index in [0.717, 1.165) is 5.56 Å². The van der Waals surface area contributed by atoms with E-state index in [1.165, 1.54) is 0 Å². The molecule has 1 amide bonds. The van der Waals surface area contributed by atoms with Gasteiger partial charge in [0.15, 0.2) is 0 Å². The number of rotatable bonds is 6. The van der Waals surface area contributed by atoms with Gasteiger partial charge >= 0.3 is 5.97 Å². The number of carbonyl (C=O) groups excluding carboxylic acids is 1. The Morgan fingerprint density at radius 2 is 1.95 bits per heavy atom. The molecule has 5 heteroatoms. The lowest BCUT2D eigenvalue weighted by Crippen LogP contribution is -2.39. The molecule has 3 N–H and O–H groups in total. The van der Waals surface area contributed by atoms with Crippen molar-refractivity contribution in [2.45, 2.75) is 33.6 Å². The second-order valence-electron chi connectivity index (χ2n) is 6.15. The van der Waals surface area contributed by atoms with Crippen molar-refractivity contribution >= 4 is 17.6 Å². The van der Waals surface area contributed by atoms with Crippen LogP contribution in [0.25, 0.3) is 0 Å². The molecule has 0 heterocycles. The van der Waals surface area contributed by atoms with Gasteiger partial charge in [0.2, 0.25) is 5.91 Å². The number of amides is 1. The maximum Gasteiger partial charge on any atom is 0.316 e. The van der Waals surface area contributed by atoms with Crippen LogP contribution in [-0.2, 0) is 16.0 Å². The summed E-state index contributed by atoms with van der Waals surface area (Å²) < 4.78 is 0. The lowest BCUT2D eigenvalue weighted by Gasteiger charge is -2.26. The van der Waals surface area contributed by atoms with Crippen LogP contribution in [0.4, 0.5) is 5.69 Å². The lowest BCUT2D eigenvalue weighted by atomic mass is 9.80. The number of aliphatic hydroxyl groups is 1. The maximum atomic E-state index is 12.2. The first-order chi connectivity index (χ1) is 9.75. The van der Waals surface area contributed by atoms with Crippen LogP contribution in [0.1, 0.15) is 32.8 Å². The first-order valence-corrected chi connectivity index (χ1v) is 6.99. The second-order valence-corrected chi connectivity index (χ2v) is 6.15. The van der Waals surface area contributed by atoms with Gasteiger partial charge in [-0.1, -0.05) is 32.9 Å². The molecule has 0 fully saturated rings. The van der Waals surface area contributed by atoms with Crippen LogP contribution >= 0.6 is 0 Å². The molecule has 0 saturated carbocycles. The average molecular weight is 293 g/mol. The van der Waals surface area contributed by atoms with E-state index in [4.69, 9.17) is 5.11 Å². The molecule has 0 radical (unpaired) electrons. The summed E-state index contributed by atoms with van der Waals surface area (Å²) in [6.07, 6.45) is 1.36. The molecular weight excluding hydrogens is 270 g/mol. The molecule has 5 nitrogen and oxygen atoms in total. The van der Waals surface area contributed by atoms with Crippen molar-refractivity contribution in [1.82, 2.24) is 0 Å². The summed E-state index contributed by atoms with van der Waals surface area (Å²) >= 11 is 0. The highest BCUT2D eigenvalue weighted by Gasteiger charge is 2.37. The molecule has 0 aliphatic carbocycles. The molecule has 0 aromatic heterocycles. The molecule has 21 heavy (non-hydrogen) atoms. The van der Waals surface area contributed by atoms with Crippen LogP contribution in [0, 0.1) is 11.3 Å². The third-order valence-electron chi connectivity index (χ3n) is 3.19. The number of anilines is 1. The highest BCUT2D eigenvalue weighted by atomic mass is 16.4. The largest absolute Gasteiger partial charge is 0.481 e. The van der Waals surface area contributed by atoms with Gasteiger partial charge in [-0.05, 0) is 36.0 Å². The third-order valence-corrected chi connectivity index (χ3v) is 3.19. The number of carboxylic acid groups (broad SMARTS) is 1. The topological polar surface area (TPSA) is 86.6 Å². The van der Waals surface area contributed by atoms with Gasteiger partial charge in [-0.15, -0.1) is 0 Å². The van der Waals surface area contributed by atoms with Gasteiger partial charge in [0.05, 0.1) is 0 Å². The normalized spacial score (nSPS) is 12.8. The van der Waals surface area contributed by atoms with Crippen LogP contribution in [0.3, 0.4) is 0 Å². The molecular formula is C16H23NO4. The van der Waals surface area contributed by atoms with E-state index < -0.39 is 23.2 Å². The Hall–Kier alpha value is -1.88. The highest BCUT2D eigenvalue weighted by Crippen LogP contribution is 2.27. The fourth-order valence-corrected chi connectivity index (χ4v) is 2.18. The minimum Gasteiger partial charge on any atom is -0.481 e. The van der Waals surface area contributed by atoms with Crippen molar-refractivity contribution in [2.24, 2.45) is 11.3 Å². The summed E-state index contributed by atoms with van der Waals surface area (Å²) in [5.74, 6) is -2.76. The predicted molar refractivity (Wildman–Crippen MR) is 81.1 cm³/mol. The van der Waals surface area contributed by atoms with Gasteiger partial charge in [0, 0.05) is 12.3 Å². The van der Waals surface area contributed by atoms with E-state index in [1.54, 1.807) is 39.0 Å². The van der Waals surface area contributed by atoms with Crippen LogP contribution in [0.15, 0.2) is 24.3 Å². The summed E-state index contributed by atoms with van der Waals surface area (Å²) in [4.78, 5) is 23.5. The maximum absolute atomic E-state index is 12.2. The summed E-state index contributed by atoms with van der Waals surface area (Å²) in [5.41, 5.74) is 0.903. The van der Waals surface area contributed by atoms with E-state index in [2.05, 4.69) is 5.32 Å². The Morgan fingerprint density at radius 3 is 2.48 bits per heavy atom.